The molecule has 0 saturated heterocycles. The molecule has 1 aliphatic rings. The van der Waals surface area contributed by atoms with E-state index >= 15 is 0 Å². The van der Waals surface area contributed by atoms with Crippen molar-refractivity contribution in [1.29, 1.82) is 0 Å². The van der Waals surface area contributed by atoms with Crippen LogP contribution in [-0.4, -0.2) is 26.2 Å². The SMILES string of the molecule is COc1ccc(C(=O)C2(c3ccccc3Cl)C=NC=CC2)cc1OC. The number of aliphatic imine (C=N–C) groups is 1. The Morgan fingerprint density at radius 1 is 1.12 bits per heavy atom. The van der Waals surface area contributed by atoms with Gasteiger partial charge in [-0.1, -0.05) is 35.9 Å². The summed E-state index contributed by atoms with van der Waals surface area (Å²) in [5.74, 6) is 0.989. The van der Waals surface area contributed by atoms with Crippen molar-refractivity contribution in [3.05, 3.63) is 70.9 Å². The van der Waals surface area contributed by atoms with Crippen molar-refractivity contribution in [3.63, 3.8) is 0 Å². The van der Waals surface area contributed by atoms with Gasteiger partial charge in [-0.3, -0.25) is 9.79 Å². The summed E-state index contributed by atoms with van der Waals surface area (Å²) in [7, 11) is 3.10. The van der Waals surface area contributed by atoms with E-state index in [-0.39, 0.29) is 5.78 Å². The van der Waals surface area contributed by atoms with Crippen molar-refractivity contribution < 1.29 is 14.3 Å². The standard InChI is InChI=1S/C20H18ClNO3/c1-24-17-9-8-14(12-18(17)25-2)19(23)20(10-5-11-22-13-20)15-6-3-4-7-16(15)21/h3-9,11-13H,10H2,1-2H3. The molecule has 0 aromatic heterocycles. The van der Waals surface area contributed by atoms with E-state index in [9.17, 15) is 4.79 Å². The number of nitrogens with zero attached hydrogens (tertiary/aromatic N) is 1. The van der Waals surface area contributed by atoms with Crippen LogP contribution in [0.25, 0.3) is 0 Å². The molecule has 0 bridgehead atoms. The van der Waals surface area contributed by atoms with E-state index in [0.717, 1.165) is 5.56 Å². The Kier molecular flexibility index (Phi) is 4.91. The van der Waals surface area contributed by atoms with Crippen LogP contribution in [0.2, 0.25) is 5.02 Å². The molecule has 0 fully saturated rings. The number of methoxy groups -OCH3 is 2. The van der Waals surface area contributed by atoms with Gasteiger partial charge in [0.2, 0.25) is 0 Å². The number of hydrogen-bond donors (Lipinski definition) is 0. The van der Waals surface area contributed by atoms with Gasteiger partial charge in [-0.2, -0.15) is 0 Å². The van der Waals surface area contributed by atoms with E-state index in [0.29, 0.717) is 28.5 Å². The Labute approximate surface area is 151 Å². The number of ketones is 1. The number of carbonyl (C=O) groups is 1. The molecule has 1 aliphatic heterocycles. The Bertz CT molecular complexity index is 860. The monoisotopic (exact) mass is 355 g/mol. The van der Waals surface area contributed by atoms with Gasteiger partial charge in [0.1, 0.15) is 0 Å². The molecule has 1 atom stereocenters. The molecular weight excluding hydrogens is 338 g/mol. The molecule has 0 radical (unpaired) electrons. The second-order valence-corrected chi connectivity index (χ2v) is 6.12. The lowest BCUT2D eigenvalue weighted by Crippen LogP contribution is -2.38. The summed E-state index contributed by atoms with van der Waals surface area (Å²) >= 11 is 6.40. The zero-order valence-corrected chi connectivity index (χ0v) is 14.8. The van der Waals surface area contributed by atoms with Gasteiger partial charge >= 0.3 is 0 Å². The van der Waals surface area contributed by atoms with Crippen LogP contribution in [0, 0.1) is 0 Å². The van der Waals surface area contributed by atoms with Crippen LogP contribution >= 0.6 is 11.6 Å². The number of halogens is 1. The Balaban J connectivity index is 2.12. The van der Waals surface area contributed by atoms with Crippen molar-refractivity contribution in [2.24, 2.45) is 4.99 Å². The Hall–Kier alpha value is -2.59. The van der Waals surface area contributed by atoms with Crippen LogP contribution in [-0.2, 0) is 5.41 Å². The third-order valence-electron chi connectivity index (χ3n) is 4.33. The first-order valence-electron chi connectivity index (χ1n) is 7.83. The number of benzene rings is 2. The summed E-state index contributed by atoms with van der Waals surface area (Å²) in [6.45, 7) is 0. The summed E-state index contributed by atoms with van der Waals surface area (Å²) in [5.41, 5.74) is 0.316. The lowest BCUT2D eigenvalue weighted by Gasteiger charge is -2.30. The number of allylic oxidation sites excluding steroid dienone is 1. The van der Waals surface area contributed by atoms with Gasteiger partial charge in [-0.25, -0.2) is 0 Å². The average molecular weight is 356 g/mol. The zero-order valence-electron chi connectivity index (χ0n) is 14.0. The van der Waals surface area contributed by atoms with Crippen LogP contribution in [0.15, 0.2) is 59.7 Å². The molecule has 2 aromatic rings. The first-order chi connectivity index (χ1) is 12.1. The summed E-state index contributed by atoms with van der Waals surface area (Å²) < 4.78 is 10.6. The molecule has 25 heavy (non-hydrogen) atoms. The molecule has 0 N–H and O–H groups in total. The first-order valence-corrected chi connectivity index (χ1v) is 8.21. The van der Waals surface area contributed by atoms with Crippen LogP contribution in [0.5, 0.6) is 11.5 Å². The smallest absolute Gasteiger partial charge is 0.179 e. The summed E-state index contributed by atoms with van der Waals surface area (Å²) in [6, 6.07) is 12.5. The number of rotatable bonds is 5. The fourth-order valence-corrected chi connectivity index (χ4v) is 3.34. The third kappa shape index (κ3) is 3.05. The molecule has 128 valence electrons. The van der Waals surface area contributed by atoms with Crippen LogP contribution in [0.4, 0.5) is 0 Å². The van der Waals surface area contributed by atoms with Gasteiger partial charge in [0, 0.05) is 23.0 Å². The molecule has 5 heteroatoms. The lowest BCUT2D eigenvalue weighted by atomic mass is 9.72. The van der Waals surface area contributed by atoms with Crippen molar-refractivity contribution >= 4 is 23.6 Å². The minimum Gasteiger partial charge on any atom is -0.493 e. The molecule has 2 aromatic carbocycles. The van der Waals surface area contributed by atoms with Crippen molar-refractivity contribution in [2.75, 3.05) is 14.2 Å². The highest BCUT2D eigenvalue weighted by molar-refractivity contribution is 6.32. The van der Waals surface area contributed by atoms with E-state index in [1.54, 1.807) is 50.9 Å². The van der Waals surface area contributed by atoms with E-state index in [1.165, 1.54) is 0 Å². The van der Waals surface area contributed by atoms with Crippen LogP contribution < -0.4 is 9.47 Å². The highest BCUT2D eigenvalue weighted by Gasteiger charge is 2.40. The minimum atomic E-state index is -0.938. The third-order valence-corrected chi connectivity index (χ3v) is 4.66. The second-order valence-electron chi connectivity index (χ2n) is 5.72. The minimum absolute atomic E-state index is 0.0883. The van der Waals surface area contributed by atoms with Gasteiger partial charge in [0.25, 0.3) is 0 Å². The maximum Gasteiger partial charge on any atom is 0.179 e. The van der Waals surface area contributed by atoms with E-state index in [4.69, 9.17) is 21.1 Å². The highest BCUT2D eigenvalue weighted by Crippen LogP contribution is 2.38. The molecule has 0 aliphatic carbocycles. The topological polar surface area (TPSA) is 47.9 Å². The van der Waals surface area contributed by atoms with E-state index < -0.39 is 5.41 Å². The number of carbonyl (C=O) groups excluding carboxylic acids is 1. The predicted octanol–water partition coefficient (Wildman–Crippen LogP) is 4.47. The molecular formula is C20H18ClNO3. The summed E-state index contributed by atoms with van der Waals surface area (Å²) in [6.07, 6.45) is 5.74. The number of Topliss-reactive ketones (excluding diaryl/α,β-unsaturated/α-hetero) is 1. The fourth-order valence-electron chi connectivity index (χ4n) is 3.03. The van der Waals surface area contributed by atoms with Crippen LogP contribution in [0.1, 0.15) is 22.3 Å². The number of hydrogen-bond acceptors (Lipinski definition) is 4. The Morgan fingerprint density at radius 2 is 1.88 bits per heavy atom. The zero-order chi connectivity index (χ0) is 17.9. The lowest BCUT2D eigenvalue weighted by molar-refractivity contribution is 0.0931. The first kappa shape index (κ1) is 17.2. The molecule has 4 nitrogen and oxygen atoms in total. The number of ether oxygens (including phenoxy) is 2. The average Bonchev–Trinajstić information content (AvgIpc) is 2.67. The molecule has 1 heterocycles. The highest BCUT2D eigenvalue weighted by atomic mass is 35.5. The van der Waals surface area contributed by atoms with Gasteiger partial charge in [-0.15, -0.1) is 0 Å². The van der Waals surface area contributed by atoms with Crippen molar-refractivity contribution in [3.8, 4) is 11.5 Å². The summed E-state index contributed by atoms with van der Waals surface area (Å²) in [5, 5.41) is 0.540. The van der Waals surface area contributed by atoms with Crippen LogP contribution in [0.3, 0.4) is 0 Å². The van der Waals surface area contributed by atoms with E-state index in [2.05, 4.69) is 4.99 Å². The molecule has 0 spiro atoms. The quantitative estimate of drug-likeness (QED) is 0.743. The molecule has 3 rings (SSSR count). The summed E-state index contributed by atoms with van der Waals surface area (Å²) in [4.78, 5) is 17.7. The maximum atomic E-state index is 13.5. The van der Waals surface area contributed by atoms with Gasteiger partial charge in [0.05, 0.1) is 19.6 Å². The van der Waals surface area contributed by atoms with E-state index in [1.807, 2.05) is 24.3 Å². The van der Waals surface area contributed by atoms with Gasteiger partial charge in [-0.05, 0) is 36.2 Å². The normalized spacial score (nSPS) is 18.8. The Morgan fingerprint density at radius 3 is 2.52 bits per heavy atom. The largest absolute Gasteiger partial charge is 0.493 e. The van der Waals surface area contributed by atoms with Gasteiger partial charge in [0.15, 0.2) is 17.3 Å². The maximum absolute atomic E-state index is 13.5. The molecule has 0 saturated carbocycles. The van der Waals surface area contributed by atoms with Gasteiger partial charge < -0.3 is 9.47 Å². The fraction of sp³-hybridized carbons (Fsp3) is 0.200. The molecule has 1 unspecified atom stereocenters. The molecule has 0 amide bonds. The van der Waals surface area contributed by atoms with Crippen molar-refractivity contribution in [2.45, 2.75) is 11.8 Å². The van der Waals surface area contributed by atoms with Crippen molar-refractivity contribution in [1.82, 2.24) is 0 Å². The second kappa shape index (κ2) is 7.11. The predicted molar refractivity (Wildman–Crippen MR) is 99.3 cm³/mol.